The number of nitro groups is 1. The lowest BCUT2D eigenvalue weighted by molar-refractivity contribution is -0.385. The lowest BCUT2D eigenvalue weighted by Crippen LogP contribution is -2.13. The highest BCUT2D eigenvalue weighted by Gasteiger charge is 2.33. The van der Waals surface area contributed by atoms with Crippen LogP contribution in [0.5, 0.6) is 11.5 Å². The summed E-state index contributed by atoms with van der Waals surface area (Å²) in [7, 11) is 0. The molecule has 35 heavy (non-hydrogen) atoms. The minimum atomic E-state index is -4.77. The highest BCUT2D eigenvalue weighted by Crippen LogP contribution is 2.39. The first-order chi connectivity index (χ1) is 16.5. The highest BCUT2D eigenvalue weighted by molar-refractivity contribution is 6.32. The van der Waals surface area contributed by atoms with Crippen LogP contribution in [0.4, 0.5) is 24.5 Å². The number of ether oxygens (including phenoxy) is 1. The minimum absolute atomic E-state index is 0.0690. The standard InChI is InChI=1S/C23H12Cl2F3N3O4/c24-16-2-1-3-17(11-16)30-22(32)14(12-29)8-13-4-6-20(18(25)9-13)35-21-7-5-15(23(26,27)28)10-19(21)31(33)34/h1-11H,(H,30,32)/b14-8-. The number of nitriles is 1. The molecule has 3 rings (SSSR count). The topological polar surface area (TPSA) is 105 Å². The van der Waals surface area contributed by atoms with Crippen LogP contribution < -0.4 is 10.1 Å². The summed E-state index contributed by atoms with van der Waals surface area (Å²) in [6, 6.07) is 13.9. The number of hydrogen-bond donors (Lipinski definition) is 1. The van der Waals surface area contributed by atoms with E-state index in [0.717, 1.165) is 6.07 Å². The predicted molar refractivity (Wildman–Crippen MR) is 123 cm³/mol. The van der Waals surface area contributed by atoms with E-state index in [9.17, 15) is 33.3 Å². The first-order valence-corrected chi connectivity index (χ1v) is 10.3. The van der Waals surface area contributed by atoms with Gasteiger partial charge in [-0.1, -0.05) is 35.3 Å². The number of hydrogen-bond acceptors (Lipinski definition) is 5. The number of carbonyl (C=O) groups excluding carboxylic acids is 1. The van der Waals surface area contributed by atoms with Crippen molar-refractivity contribution in [1.82, 2.24) is 0 Å². The van der Waals surface area contributed by atoms with E-state index in [-0.39, 0.29) is 16.3 Å². The average molecular weight is 522 g/mol. The van der Waals surface area contributed by atoms with Crippen molar-refractivity contribution in [3.8, 4) is 17.6 Å². The van der Waals surface area contributed by atoms with Crippen molar-refractivity contribution in [2.75, 3.05) is 5.32 Å². The second-order valence-corrected chi connectivity index (χ2v) is 7.71. The summed E-state index contributed by atoms with van der Waals surface area (Å²) in [6.07, 6.45) is -3.53. The molecular weight excluding hydrogens is 510 g/mol. The molecule has 12 heteroatoms. The van der Waals surface area contributed by atoms with Crippen molar-refractivity contribution >= 4 is 46.6 Å². The largest absolute Gasteiger partial charge is 0.449 e. The average Bonchev–Trinajstić information content (AvgIpc) is 2.78. The van der Waals surface area contributed by atoms with Crippen LogP contribution in [0.1, 0.15) is 11.1 Å². The van der Waals surface area contributed by atoms with E-state index in [4.69, 9.17) is 27.9 Å². The first-order valence-electron chi connectivity index (χ1n) is 9.49. The lowest BCUT2D eigenvalue weighted by atomic mass is 10.1. The van der Waals surface area contributed by atoms with Crippen molar-refractivity contribution in [3.63, 3.8) is 0 Å². The summed E-state index contributed by atoms with van der Waals surface area (Å²) in [6.45, 7) is 0. The Morgan fingerprint density at radius 2 is 1.80 bits per heavy atom. The van der Waals surface area contributed by atoms with Gasteiger partial charge in [0.05, 0.1) is 15.5 Å². The molecule has 0 saturated heterocycles. The number of nitrogens with one attached hydrogen (secondary N) is 1. The Morgan fingerprint density at radius 3 is 2.40 bits per heavy atom. The molecule has 0 atom stereocenters. The van der Waals surface area contributed by atoms with Gasteiger partial charge in [0.2, 0.25) is 5.75 Å². The van der Waals surface area contributed by atoms with Gasteiger partial charge in [-0.15, -0.1) is 0 Å². The summed E-state index contributed by atoms with van der Waals surface area (Å²) in [5, 5.41) is 23.5. The third-order valence-electron chi connectivity index (χ3n) is 4.42. The molecular formula is C23H12Cl2F3N3O4. The summed E-state index contributed by atoms with van der Waals surface area (Å²) < 4.78 is 44.0. The molecule has 3 aromatic carbocycles. The van der Waals surface area contributed by atoms with Crippen LogP contribution in [-0.4, -0.2) is 10.8 Å². The maximum Gasteiger partial charge on any atom is 0.416 e. The summed E-state index contributed by atoms with van der Waals surface area (Å²) in [4.78, 5) is 22.6. The minimum Gasteiger partial charge on any atom is -0.449 e. The number of benzene rings is 3. The monoisotopic (exact) mass is 521 g/mol. The number of nitrogens with zero attached hydrogens (tertiary/aromatic N) is 2. The molecule has 0 heterocycles. The van der Waals surface area contributed by atoms with Crippen LogP contribution in [0.15, 0.2) is 66.2 Å². The van der Waals surface area contributed by atoms with Crippen molar-refractivity contribution in [3.05, 3.63) is 97.5 Å². The Morgan fingerprint density at radius 1 is 1.09 bits per heavy atom. The zero-order valence-corrected chi connectivity index (χ0v) is 18.8. The van der Waals surface area contributed by atoms with E-state index in [2.05, 4.69) is 5.32 Å². The Kier molecular flexibility index (Phi) is 7.64. The van der Waals surface area contributed by atoms with Gasteiger partial charge in [-0.3, -0.25) is 14.9 Å². The Labute approximate surface area is 206 Å². The number of anilines is 1. The molecule has 178 valence electrons. The van der Waals surface area contributed by atoms with Gasteiger partial charge in [0, 0.05) is 16.8 Å². The van der Waals surface area contributed by atoms with Gasteiger partial charge < -0.3 is 10.1 Å². The van der Waals surface area contributed by atoms with Crippen molar-refractivity contribution in [2.45, 2.75) is 6.18 Å². The molecule has 7 nitrogen and oxygen atoms in total. The fourth-order valence-electron chi connectivity index (χ4n) is 2.81. The van der Waals surface area contributed by atoms with E-state index in [1.165, 1.54) is 30.3 Å². The molecule has 0 radical (unpaired) electrons. The quantitative estimate of drug-likeness (QED) is 0.159. The Bertz CT molecular complexity index is 1390. The van der Waals surface area contributed by atoms with Crippen molar-refractivity contribution in [1.29, 1.82) is 5.26 Å². The van der Waals surface area contributed by atoms with Gasteiger partial charge in [0.1, 0.15) is 17.4 Å². The van der Waals surface area contributed by atoms with Gasteiger partial charge in [-0.2, -0.15) is 18.4 Å². The van der Waals surface area contributed by atoms with Gasteiger partial charge in [0.25, 0.3) is 5.91 Å². The second-order valence-electron chi connectivity index (χ2n) is 6.86. The normalized spacial score (nSPS) is 11.5. The Hall–Kier alpha value is -4.07. The summed E-state index contributed by atoms with van der Waals surface area (Å²) in [5.74, 6) is -1.24. The van der Waals surface area contributed by atoms with Crippen molar-refractivity contribution in [2.24, 2.45) is 0 Å². The number of nitro benzene ring substituents is 1. The molecule has 1 N–H and O–H groups in total. The molecule has 0 aliphatic rings. The third kappa shape index (κ3) is 6.50. The van der Waals surface area contributed by atoms with Gasteiger partial charge >= 0.3 is 11.9 Å². The lowest BCUT2D eigenvalue weighted by Gasteiger charge is -2.11. The van der Waals surface area contributed by atoms with Gasteiger partial charge in [0.15, 0.2) is 0 Å². The Balaban J connectivity index is 1.84. The molecule has 0 bridgehead atoms. The van der Waals surface area contributed by atoms with E-state index in [0.29, 0.717) is 28.4 Å². The van der Waals surface area contributed by atoms with E-state index >= 15 is 0 Å². The SMILES string of the molecule is N#C/C(=C/c1ccc(Oc2ccc(C(F)(F)F)cc2[N+](=O)[O-])c(Cl)c1)C(=O)Nc1cccc(Cl)c1. The van der Waals surface area contributed by atoms with Gasteiger partial charge in [-0.05, 0) is 54.1 Å². The molecule has 0 unspecified atom stereocenters. The fourth-order valence-corrected chi connectivity index (χ4v) is 3.23. The zero-order valence-electron chi connectivity index (χ0n) is 17.3. The number of amides is 1. The molecule has 0 aliphatic heterocycles. The maximum atomic E-state index is 12.9. The predicted octanol–water partition coefficient (Wildman–Crippen LogP) is 7.26. The molecule has 0 spiro atoms. The third-order valence-corrected chi connectivity index (χ3v) is 4.95. The molecule has 3 aromatic rings. The van der Waals surface area contributed by atoms with Crippen LogP contribution in [0.2, 0.25) is 10.0 Å². The number of carbonyl (C=O) groups is 1. The summed E-state index contributed by atoms with van der Waals surface area (Å²) >= 11 is 12.0. The number of rotatable bonds is 6. The molecule has 0 aromatic heterocycles. The molecule has 0 fully saturated rings. The van der Waals surface area contributed by atoms with Gasteiger partial charge in [-0.25, -0.2) is 0 Å². The van der Waals surface area contributed by atoms with E-state index in [1.54, 1.807) is 24.3 Å². The molecule has 0 saturated carbocycles. The van der Waals surface area contributed by atoms with Crippen molar-refractivity contribution < 1.29 is 27.6 Å². The summed E-state index contributed by atoms with van der Waals surface area (Å²) in [5.41, 5.74) is -1.66. The van der Waals surface area contributed by atoms with Crippen LogP contribution in [-0.2, 0) is 11.0 Å². The smallest absolute Gasteiger partial charge is 0.416 e. The highest BCUT2D eigenvalue weighted by atomic mass is 35.5. The first kappa shape index (κ1) is 25.6. The second kappa shape index (κ2) is 10.5. The molecule has 1 amide bonds. The van der Waals surface area contributed by atoms with Crippen LogP contribution in [0, 0.1) is 21.4 Å². The number of alkyl halides is 3. The fraction of sp³-hybridized carbons (Fsp3) is 0.0435. The molecule has 0 aliphatic carbocycles. The van der Waals surface area contributed by atoms with Crippen LogP contribution in [0.25, 0.3) is 6.08 Å². The van der Waals surface area contributed by atoms with Crippen LogP contribution in [0.3, 0.4) is 0 Å². The van der Waals surface area contributed by atoms with Crippen LogP contribution >= 0.6 is 23.2 Å². The van der Waals surface area contributed by atoms with E-state index in [1.807, 2.05) is 0 Å². The zero-order chi connectivity index (χ0) is 25.8. The van der Waals surface area contributed by atoms with E-state index < -0.39 is 34.0 Å². The maximum absolute atomic E-state index is 12.9. The number of halogens is 5.